The summed E-state index contributed by atoms with van der Waals surface area (Å²) in [6.45, 7) is 2.20. The molecule has 1 aliphatic rings. The van der Waals surface area contributed by atoms with Crippen LogP contribution in [-0.2, 0) is 16.1 Å². The van der Waals surface area contributed by atoms with Gasteiger partial charge in [-0.1, -0.05) is 30.3 Å². The highest BCUT2D eigenvalue weighted by molar-refractivity contribution is 5.95. The highest BCUT2D eigenvalue weighted by atomic mass is 16.2. The number of imide groups is 1. The van der Waals surface area contributed by atoms with Gasteiger partial charge in [-0.15, -0.1) is 0 Å². The second-order valence-electron chi connectivity index (χ2n) is 4.23. The summed E-state index contributed by atoms with van der Waals surface area (Å²) in [5.41, 5.74) is 1.21. The SMILES string of the molecule is O=C1CCN(Cc2ccccc2)CCC(=O)N1. The lowest BCUT2D eigenvalue weighted by molar-refractivity contribution is -0.131. The van der Waals surface area contributed by atoms with Crippen LogP contribution in [-0.4, -0.2) is 29.8 Å². The molecule has 4 heteroatoms. The van der Waals surface area contributed by atoms with E-state index in [0.717, 1.165) is 6.54 Å². The van der Waals surface area contributed by atoms with Crippen molar-refractivity contribution in [3.8, 4) is 0 Å². The molecule has 17 heavy (non-hydrogen) atoms. The molecule has 1 aliphatic heterocycles. The molecule has 1 N–H and O–H groups in total. The zero-order valence-corrected chi connectivity index (χ0v) is 9.69. The first kappa shape index (κ1) is 11.8. The maximum absolute atomic E-state index is 11.3. The van der Waals surface area contributed by atoms with Crippen LogP contribution in [0.25, 0.3) is 0 Å². The van der Waals surface area contributed by atoms with Crippen molar-refractivity contribution < 1.29 is 9.59 Å². The van der Waals surface area contributed by atoms with Gasteiger partial charge in [0.2, 0.25) is 11.8 Å². The highest BCUT2D eigenvalue weighted by Gasteiger charge is 2.16. The molecule has 0 atom stereocenters. The minimum absolute atomic E-state index is 0.173. The van der Waals surface area contributed by atoms with Gasteiger partial charge in [0.1, 0.15) is 0 Å². The van der Waals surface area contributed by atoms with Crippen molar-refractivity contribution in [1.82, 2.24) is 10.2 Å². The van der Waals surface area contributed by atoms with Gasteiger partial charge in [0.25, 0.3) is 0 Å². The summed E-state index contributed by atoms with van der Waals surface area (Å²) >= 11 is 0. The summed E-state index contributed by atoms with van der Waals surface area (Å²) in [4.78, 5) is 24.7. The number of benzene rings is 1. The Morgan fingerprint density at radius 1 is 1.00 bits per heavy atom. The maximum Gasteiger partial charge on any atom is 0.227 e. The molecule has 1 aromatic carbocycles. The number of carbonyl (C=O) groups is 2. The Balaban J connectivity index is 1.96. The fraction of sp³-hybridized carbons (Fsp3) is 0.385. The summed E-state index contributed by atoms with van der Waals surface area (Å²) in [5, 5.41) is 2.36. The molecule has 0 bridgehead atoms. The van der Waals surface area contributed by atoms with Crippen LogP contribution in [0.5, 0.6) is 0 Å². The highest BCUT2D eigenvalue weighted by Crippen LogP contribution is 2.07. The van der Waals surface area contributed by atoms with Crippen molar-refractivity contribution in [3.63, 3.8) is 0 Å². The zero-order chi connectivity index (χ0) is 12.1. The summed E-state index contributed by atoms with van der Waals surface area (Å²) in [6.07, 6.45) is 0.775. The van der Waals surface area contributed by atoms with Gasteiger partial charge in [-0.05, 0) is 5.56 Å². The number of amides is 2. The first-order chi connectivity index (χ1) is 8.24. The van der Waals surface area contributed by atoms with Crippen molar-refractivity contribution in [3.05, 3.63) is 35.9 Å². The van der Waals surface area contributed by atoms with Crippen molar-refractivity contribution in [1.29, 1.82) is 0 Å². The van der Waals surface area contributed by atoms with Crippen LogP contribution >= 0.6 is 0 Å². The molecule has 0 saturated carbocycles. The van der Waals surface area contributed by atoms with E-state index in [9.17, 15) is 9.59 Å². The lowest BCUT2D eigenvalue weighted by Crippen LogP contribution is -2.39. The molecular formula is C13H16N2O2. The van der Waals surface area contributed by atoms with E-state index in [1.165, 1.54) is 5.56 Å². The van der Waals surface area contributed by atoms with Gasteiger partial charge in [0.05, 0.1) is 0 Å². The molecule has 0 aliphatic carbocycles. The van der Waals surface area contributed by atoms with E-state index in [-0.39, 0.29) is 11.8 Å². The minimum Gasteiger partial charge on any atom is -0.298 e. The van der Waals surface area contributed by atoms with Crippen molar-refractivity contribution in [2.45, 2.75) is 19.4 Å². The molecule has 1 heterocycles. The first-order valence-corrected chi connectivity index (χ1v) is 5.83. The molecule has 1 aromatic rings. The molecule has 1 saturated heterocycles. The van der Waals surface area contributed by atoms with Gasteiger partial charge in [0, 0.05) is 32.5 Å². The van der Waals surface area contributed by atoms with Crippen LogP contribution in [0.15, 0.2) is 30.3 Å². The van der Waals surface area contributed by atoms with Crippen LogP contribution in [0.4, 0.5) is 0 Å². The Kier molecular flexibility index (Phi) is 3.88. The number of hydrogen-bond donors (Lipinski definition) is 1. The molecule has 0 spiro atoms. The topological polar surface area (TPSA) is 49.4 Å². The van der Waals surface area contributed by atoms with E-state index in [4.69, 9.17) is 0 Å². The summed E-state index contributed by atoms with van der Waals surface area (Å²) in [6, 6.07) is 10.1. The second-order valence-corrected chi connectivity index (χ2v) is 4.23. The Morgan fingerprint density at radius 3 is 2.18 bits per heavy atom. The van der Waals surface area contributed by atoms with E-state index in [0.29, 0.717) is 25.9 Å². The van der Waals surface area contributed by atoms with Crippen LogP contribution in [0.3, 0.4) is 0 Å². The minimum atomic E-state index is -0.173. The maximum atomic E-state index is 11.3. The lowest BCUT2D eigenvalue weighted by Gasteiger charge is -2.23. The zero-order valence-electron chi connectivity index (χ0n) is 9.69. The lowest BCUT2D eigenvalue weighted by atomic mass is 10.2. The Morgan fingerprint density at radius 2 is 1.59 bits per heavy atom. The van der Waals surface area contributed by atoms with Gasteiger partial charge < -0.3 is 0 Å². The standard InChI is InChI=1S/C13H16N2O2/c16-12-6-8-15(9-7-13(17)14-12)10-11-4-2-1-3-5-11/h1-5H,6-10H2,(H,14,16,17). The van der Waals surface area contributed by atoms with E-state index in [2.05, 4.69) is 22.3 Å². The Labute approximate surface area is 101 Å². The van der Waals surface area contributed by atoms with Gasteiger partial charge in [0.15, 0.2) is 0 Å². The van der Waals surface area contributed by atoms with E-state index in [1.807, 2.05) is 18.2 Å². The third-order valence-corrected chi connectivity index (χ3v) is 2.84. The summed E-state index contributed by atoms with van der Waals surface area (Å²) in [7, 11) is 0. The number of nitrogens with zero attached hydrogens (tertiary/aromatic N) is 1. The monoisotopic (exact) mass is 232 g/mol. The number of rotatable bonds is 2. The van der Waals surface area contributed by atoms with Gasteiger partial charge in [-0.3, -0.25) is 19.8 Å². The number of carbonyl (C=O) groups excluding carboxylic acids is 2. The molecule has 0 radical (unpaired) electrons. The number of hydrogen-bond acceptors (Lipinski definition) is 3. The molecule has 4 nitrogen and oxygen atoms in total. The third-order valence-electron chi connectivity index (χ3n) is 2.84. The largest absolute Gasteiger partial charge is 0.298 e. The second kappa shape index (κ2) is 5.59. The molecule has 2 rings (SSSR count). The van der Waals surface area contributed by atoms with Gasteiger partial charge >= 0.3 is 0 Å². The summed E-state index contributed by atoms with van der Waals surface area (Å²) in [5.74, 6) is -0.347. The smallest absolute Gasteiger partial charge is 0.227 e. The fourth-order valence-corrected chi connectivity index (χ4v) is 1.91. The van der Waals surface area contributed by atoms with Crippen molar-refractivity contribution in [2.24, 2.45) is 0 Å². The Hall–Kier alpha value is -1.68. The van der Waals surface area contributed by atoms with E-state index in [1.54, 1.807) is 0 Å². The summed E-state index contributed by atoms with van der Waals surface area (Å²) < 4.78 is 0. The van der Waals surface area contributed by atoms with Crippen LogP contribution in [0.1, 0.15) is 18.4 Å². The molecule has 0 aromatic heterocycles. The predicted octanol–water partition coefficient (Wildman–Crippen LogP) is 0.925. The Bertz CT molecular complexity index is 385. The van der Waals surface area contributed by atoms with Crippen LogP contribution in [0, 0.1) is 0 Å². The average molecular weight is 232 g/mol. The van der Waals surface area contributed by atoms with Crippen molar-refractivity contribution in [2.75, 3.05) is 13.1 Å². The molecule has 1 fully saturated rings. The quantitative estimate of drug-likeness (QED) is 0.772. The van der Waals surface area contributed by atoms with E-state index >= 15 is 0 Å². The van der Waals surface area contributed by atoms with Gasteiger partial charge in [-0.25, -0.2) is 0 Å². The van der Waals surface area contributed by atoms with Gasteiger partial charge in [-0.2, -0.15) is 0 Å². The van der Waals surface area contributed by atoms with Crippen molar-refractivity contribution >= 4 is 11.8 Å². The fourth-order valence-electron chi connectivity index (χ4n) is 1.91. The van der Waals surface area contributed by atoms with Crippen LogP contribution in [0.2, 0.25) is 0 Å². The predicted molar refractivity (Wildman–Crippen MR) is 64.1 cm³/mol. The molecule has 90 valence electrons. The van der Waals surface area contributed by atoms with E-state index < -0.39 is 0 Å². The normalized spacial score (nSPS) is 18.4. The molecular weight excluding hydrogens is 216 g/mol. The third kappa shape index (κ3) is 3.67. The molecule has 0 unspecified atom stereocenters. The number of nitrogens with one attached hydrogen (secondary N) is 1. The first-order valence-electron chi connectivity index (χ1n) is 5.83. The van der Waals surface area contributed by atoms with Crippen LogP contribution < -0.4 is 5.32 Å². The molecule has 2 amide bonds. The average Bonchev–Trinajstić information content (AvgIpc) is 2.32.